The molecule has 2 rings (SSSR count). The van der Waals surface area contributed by atoms with Gasteiger partial charge < -0.3 is 5.11 Å². The molecule has 1 aliphatic carbocycles. The second-order valence-electron chi connectivity index (χ2n) is 5.10. The van der Waals surface area contributed by atoms with Crippen molar-refractivity contribution in [2.24, 2.45) is 5.92 Å². The fourth-order valence-corrected chi connectivity index (χ4v) is 3.29. The van der Waals surface area contributed by atoms with E-state index in [4.69, 9.17) is 0 Å². The van der Waals surface area contributed by atoms with Crippen molar-refractivity contribution in [3.63, 3.8) is 0 Å². The first-order valence-electron chi connectivity index (χ1n) is 6.19. The van der Waals surface area contributed by atoms with Gasteiger partial charge in [0.15, 0.2) is 0 Å². The predicted octanol–water partition coefficient (Wildman–Crippen LogP) is 2.02. The van der Waals surface area contributed by atoms with Crippen LogP contribution in [0.5, 0.6) is 0 Å². The molecule has 1 aliphatic heterocycles. The maximum Gasteiger partial charge on any atom is 0.0639 e. The molecule has 0 amide bonds. The van der Waals surface area contributed by atoms with Crippen molar-refractivity contribution < 1.29 is 5.11 Å². The summed E-state index contributed by atoms with van der Waals surface area (Å²) < 4.78 is 0. The lowest BCUT2D eigenvalue weighted by atomic mass is 9.78. The predicted molar refractivity (Wildman–Crippen MR) is 58.2 cm³/mol. The monoisotopic (exact) mass is 197 g/mol. The van der Waals surface area contributed by atoms with E-state index in [1.165, 1.54) is 45.1 Å². The number of hydrogen-bond donors (Lipinski definition) is 1. The number of rotatable bonds is 2. The van der Waals surface area contributed by atoms with Crippen LogP contribution in [0.1, 0.15) is 45.4 Å². The number of fused-ring (bicyclic) bond motifs is 1. The first-order valence-corrected chi connectivity index (χ1v) is 6.19. The Morgan fingerprint density at radius 1 is 1.21 bits per heavy atom. The summed E-state index contributed by atoms with van der Waals surface area (Å²) in [6.45, 7) is 4.01. The molecule has 2 fully saturated rings. The van der Waals surface area contributed by atoms with Gasteiger partial charge >= 0.3 is 0 Å². The quantitative estimate of drug-likeness (QED) is 0.732. The first kappa shape index (κ1) is 10.4. The number of piperidine rings is 1. The van der Waals surface area contributed by atoms with Gasteiger partial charge in [-0.05, 0) is 45.1 Å². The topological polar surface area (TPSA) is 23.5 Å². The van der Waals surface area contributed by atoms with Crippen LogP contribution in [0.4, 0.5) is 0 Å². The number of likely N-dealkylation sites (tertiary alicyclic amines) is 1. The van der Waals surface area contributed by atoms with Crippen molar-refractivity contribution >= 4 is 0 Å². The normalized spacial score (nSPS) is 36.4. The van der Waals surface area contributed by atoms with E-state index in [0.29, 0.717) is 0 Å². The Kier molecular flexibility index (Phi) is 3.45. The molecule has 0 aromatic rings. The minimum atomic E-state index is -0.157. The van der Waals surface area contributed by atoms with E-state index in [1.54, 1.807) is 0 Å². The number of aliphatic hydroxyl groups is 1. The van der Waals surface area contributed by atoms with E-state index in [0.717, 1.165) is 18.5 Å². The zero-order valence-electron chi connectivity index (χ0n) is 9.28. The zero-order valence-corrected chi connectivity index (χ0v) is 9.28. The highest BCUT2D eigenvalue weighted by Gasteiger charge is 2.33. The average molecular weight is 197 g/mol. The van der Waals surface area contributed by atoms with Gasteiger partial charge in [0.05, 0.1) is 6.10 Å². The highest BCUT2D eigenvalue weighted by molar-refractivity contribution is 4.87. The molecule has 2 aliphatic rings. The molecule has 1 saturated heterocycles. The second kappa shape index (κ2) is 4.63. The molecular formula is C12H23NO. The van der Waals surface area contributed by atoms with E-state index in [1.807, 2.05) is 6.92 Å². The van der Waals surface area contributed by atoms with Crippen LogP contribution < -0.4 is 0 Å². The SMILES string of the molecule is CC(O)CN1CCC[C@H]2CCCC[C@H]21. The minimum Gasteiger partial charge on any atom is -0.392 e. The van der Waals surface area contributed by atoms with Gasteiger partial charge in [-0.1, -0.05) is 12.8 Å². The third-order valence-electron chi connectivity index (χ3n) is 3.86. The van der Waals surface area contributed by atoms with Gasteiger partial charge in [-0.25, -0.2) is 0 Å². The van der Waals surface area contributed by atoms with Crippen molar-refractivity contribution in [2.45, 2.75) is 57.6 Å². The summed E-state index contributed by atoms with van der Waals surface area (Å²) in [5.74, 6) is 0.941. The summed E-state index contributed by atoms with van der Waals surface area (Å²) in [5, 5.41) is 9.45. The molecule has 0 aromatic heterocycles. The molecule has 3 atom stereocenters. The molecule has 0 spiro atoms. The van der Waals surface area contributed by atoms with Crippen molar-refractivity contribution in [1.82, 2.24) is 4.90 Å². The number of aliphatic hydroxyl groups excluding tert-OH is 1. The van der Waals surface area contributed by atoms with Gasteiger partial charge in [0.25, 0.3) is 0 Å². The van der Waals surface area contributed by atoms with Crippen LogP contribution in [0.25, 0.3) is 0 Å². The average Bonchev–Trinajstić information content (AvgIpc) is 2.18. The van der Waals surface area contributed by atoms with Crippen LogP contribution in [0, 0.1) is 5.92 Å². The van der Waals surface area contributed by atoms with Crippen LogP contribution in [-0.4, -0.2) is 35.2 Å². The van der Waals surface area contributed by atoms with Crippen molar-refractivity contribution in [3.05, 3.63) is 0 Å². The molecule has 14 heavy (non-hydrogen) atoms. The lowest BCUT2D eigenvalue weighted by molar-refractivity contribution is 0.0261. The summed E-state index contributed by atoms with van der Waals surface area (Å²) in [7, 11) is 0. The second-order valence-corrected chi connectivity index (χ2v) is 5.10. The Morgan fingerprint density at radius 3 is 2.71 bits per heavy atom. The van der Waals surface area contributed by atoms with Gasteiger partial charge in [-0.3, -0.25) is 4.90 Å². The molecular weight excluding hydrogens is 174 g/mol. The van der Waals surface area contributed by atoms with E-state index in [2.05, 4.69) is 4.90 Å². The first-order chi connectivity index (χ1) is 6.77. The summed E-state index contributed by atoms with van der Waals surface area (Å²) in [6.07, 6.45) is 8.25. The van der Waals surface area contributed by atoms with E-state index in [-0.39, 0.29) is 6.10 Å². The lowest BCUT2D eigenvalue weighted by Crippen LogP contribution is -2.49. The fourth-order valence-electron chi connectivity index (χ4n) is 3.29. The Labute approximate surface area is 87.3 Å². The Balaban J connectivity index is 1.94. The van der Waals surface area contributed by atoms with Crippen molar-refractivity contribution in [1.29, 1.82) is 0 Å². The Hall–Kier alpha value is -0.0800. The highest BCUT2D eigenvalue weighted by atomic mass is 16.3. The molecule has 1 saturated carbocycles. The molecule has 1 unspecified atom stereocenters. The van der Waals surface area contributed by atoms with Gasteiger partial charge in [0.1, 0.15) is 0 Å². The van der Waals surface area contributed by atoms with Crippen LogP contribution in [0.2, 0.25) is 0 Å². The molecule has 1 N–H and O–H groups in total. The molecule has 1 heterocycles. The van der Waals surface area contributed by atoms with Gasteiger partial charge in [-0.15, -0.1) is 0 Å². The van der Waals surface area contributed by atoms with Gasteiger partial charge in [-0.2, -0.15) is 0 Å². The maximum atomic E-state index is 9.45. The summed E-state index contributed by atoms with van der Waals surface area (Å²) in [6, 6.07) is 0.798. The number of β-amino-alcohol motifs (C(OH)–C–C–N with tert-alkyl or cyclic N) is 1. The summed E-state index contributed by atoms with van der Waals surface area (Å²) in [4.78, 5) is 2.54. The van der Waals surface area contributed by atoms with E-state index in [9.17, 15) is 5.11 Å². The highest BCUT2D eigenvalue weighted by Crippen LogP contribution is 2.35. The van der Waals surface area contributed by atoms with E-state index < -0.39 is 0 Å². The molecule has 0 radical (unpaired) electrons. The van der Waals surface area contributed by atoms with Crippen LogP contribution in [0.15, 0.2) is 0 Å². The Bertz CT molecular complexity index is 179. The van der Waals surface area contributed by atoms with Crippen molar-refractivity contribution in [3.8, 4) is 0 Å². The van der Waals surface area contributed by atoms with Gasteiger partial charge in [0, 0.05) is 12.6 Å². The van der Waals surface area contributed by atoms with Gasteiger partial charge in [0.2, 0.25) is 0 Å². The Morgan fingerprint density at radius 2 is 1.93 bits per heavy atom. The van der Waals surface area contributed by atoms with Crippen molar-refractivity contribution in [2.75, 3.05) is 13.1 Å². The fraction of sp³-hybridized carbons (Fsp3) is 1.00. The number of nitrogens with zero attached hydrogens (tertiary/aromatic N) is 1. The zero-order chi connectivity index (χ0) is 9.97. The van der Waals surface area contributed by atoms with Crippen LogP contribution >= 0.6 is 0 Å². The van der Waals surface area contributed by atoms with Crippen LogP contribution in [0.3, 0.4) is 0 Å². The molecule has 2 nitrogen and oxygen atoms in total. The molecule has 0 aromatic carbocycles. The largest absolute Gasteiger partial charge is 0.392 e. The third-order valence-corrected chi connectivity index (χ3v) is 3.86. The smallest absolute Gasteiger partial charge is 0.0639 e. The number of hydrogen-bond acceptors (Lipinski definition) is 2. The minimum absolute atomic E-state index is 0.157. The van der Waals surface area contributed by atoms with E-state index >= 15 is 0 Å². The molecule has 2 heteroatoms. The molecule has 0 bridgehead atoms. The maximum absolute atomic E-state index is 9.45. The molecule has 82 valence electrons. The standard InChI is InChI=1S/C12H23NO/c1-10(14)9-13-8-4-6-11-5-2-3-7-12(11)13/h10-12,14H,2-9H2,1H3/t10?,11-,12-/m1/s1. The summed E-state index contributed by atoms with van der Waals surface area (Å²) >= 11 is 0. The lowest BCUT2D eigenvalue weighted by Gasteiger charge is -2.44. The van der Waals surface area contributed by atoms with Crippen LogP contribution in [-0.2, 0) is 0 Å². The third kappa shape index (κ3) is 2.29. The summed E-state index contributed by atoms with van der Waals surface area (Å²) in [5.41, 5.74) is 0.